The minimum atomic E-state index is 0.407. The molecule has 1 unspecified atom stereocenters. The van der Waals surface area contributed by atoms with Gasteiger partial charge >= 0.3 is 0 Å². The van der Waals surface area contributed by atoms with E-state index in [0.29, 0.717) is 12.6 Å². The Kier molecular flexibility index (Phi) is 4.29. The standard InChI is InChI=1S/C11H22N4/c1-5-10-6-11(15(4)13-10)8-14(3)9(2)7-12/h6,9H,5,7-8,12H2,1-4H3. The topological polar surface area (TPSA) is 47.1 Å². The molecule has 0 aromatic carbocycles. The molecule has 0 radical (unpaired) electrons. The predicted octanol–water partition coefficient (Wildman–Crippen LogP) is 0.762. The monoisotopic (exact) mass is 210 g/mol. The Bertz CT molecular complexity index is 306. The summed E-state index contributed by atoms with van der Waals surface area (Å²) >= 11 is 0. The van der Waals surface area contributed by atoms with Crippen LogP contribution in [0, 0.1) is 0 Å². The van der Waals surface area contributed by atoms with Crippen molar-refractivity contribution >= 4 is 0 Å². The molecule has 15 heavy (non-hydrogen) atoms. The zero-order chi connectivity index (χ0) is 11.4. The van der Waals surface area contributed by atoms with E-state index in [-0.39, 0.29) is 0 Å². The van der Waals surface area contributed by atoms with Crippen molar-refractivity contribution in [2.24, 2.45) is 12.8 Å². The van der Waals surface area contributed by atoms with Crippen molar-refractivity contribution in [3.05, 3.63) is 17.5 Å². The highest BCUT2D eigenvalue weighted by Crippen LogP contribution is 2.08. The molecule has 4 heteroatoms. The van der Waals surface area contributed by atoms with Gasteiger partial charge in [-0.3, -0.25) is 9.58 Å². The van der Waals surface area contributed by atoms with Crippen LogP contribution in [0.5, 0.6) is 0 Å². The van der Waals surface area contributed by atoms with E-state index in [2.05, 4.69) is 37.0 Å². The van der Waals surface area contributed by atoms with Crippen molar-refractivity contribution < 1.29 is 0 Å². The molecule has 0 fully saturated rings. The van der Waals surface area contributed by atoms with E-state index in [1.54, 1.807) is 0 Å². The third kappa shape index (κ3) is 3.04. The van der Waals surface area contributed by atoms with Gasteiger partial charge in [-0.1, -0.05) is 6.92 Å². The highest BCUT2D eigenvalue weighted by molar-refractivity contribution is 5.10. The molecule has 1 rings (SSSR count). The minimum Gasteiger partial charge on any atom is -0.329 e. The first-order valence-corrected chi connectivity index (χ1v) is 5.50. The first-order chi connectivity index (χ1) is 7.08. The predicted molar refractivity (Wildman–Crippen MR) is 62.6 cm³/mol. The van der Waals surface area contributed by atoms with E-state index in [9.17, 15) is 0 Å². The highest BCUT2D eigenvalue weighted by Gasteiger charge is 2.10. The van der Waals surface area contributed by atoms with Crippen LogP contribution in [-0.4, -0.2) is 34.3 Å². The Labute approximate surface area is 92.1 Å². The van der Waals surface area contributed by atoms with Gasteiger partial charge in [0, 0.05) is 26.2 Å². The molecular formula is C11H22N4. The summed E-state index contributed by atoms with van der Waals surface area (Å²) in [6.07, 6.45) is 0.990. The fraction of sp³-hybridized carbons (Fsp3) is 0.727. The van der Waals surface area contributed by atoms with Gasteiger partial charge in [-0.15, -0.1) is 0 Å². The van der Waals surface area contributed by atoms with E-state index < -0.39 is 0 Å². The maximum Gasteiger partial charge on any atom is 0.0625 e. The maximum atomic E-state index is 5.63. The van der Waals surface area contributed by atoms with E-state index in [1.165, 1.54) is 5.69 Å². The molecule has 2 N–H and O–H groups in total. The molecule has 4 nitrogen and oxygen atoms in total. The molecule has 1 aromatic heterocycles. The quantitative estimate of drug-likeness (QED) is 0.780. The Morgan fingerprint density at radius 2 is 2.27 bits per heavy atom. The molecule has 0 bridgehead atoms. The summed E-state index contributed by atoms with van der Waals surface area (Å²) in [4.78, 5) is 2.25. The Hall–Kier alpha value is -0.870. The molecule has 1 atom stereocenters. The lowest BCUT2D eigenvalue weighted by atomic mass is 10.2. The fourth-order valence-corrected chi connectivity index (χ4v) is 1.48. The van der Waals surface area contributed by atoms with Crippen molar-refractivity contribution in [2.75, 3.05) is 13.6 Å². The van der Waals surface area contributed by atoms with Crippen LogP contribution < -0.4 is 5.73 Å². The van der Waals surface area contributed by atoms with E-state index in [1.807, 2.05) is 11.7 Å². The molecule has 0 aliphatic heterocycles. The van der Waals surface area contributed by atoms with Gasteiger partial charge in [0.25, 0.3) is 0 Å². The summed E-state index contributed by atoms with van der Waals surface area (Å²) in [6.45, 7) is 5.85. The zero-order valence-corrected chi connectivity index (χ0v) is 10.2. The van der Waals surface area contributed by atoms with Gasteiger partial charge in [0.05, 0.1) is 11.4 Å². The van der Waals surface area contributed by atoms with Crippen LogP contribution in [0.1, 0.15) is 25.2 Å². The van der Waals surface area contributed by atoms with Crippen LogP contribution in [-0.2, 0) is 20.0 Å². The van der Waals surface area contributed by atoms with Gasteiger partial charge in [-0.05, 0) is 26.5 Å². The fourth-order valence-electron chi connectivity index (χ4n) is 1.48. The maximum absolute atomic E-state index is 5.63. The first kappa shape index (κ1) is 12.2. The van der Waals surface area contributed by atoms with Crippen LogP contribution in [0.2, 0.25) is 0 Å². The molecule has 0 amide bonds. The first-order valence-electron chi connectivity index (χ1n) is 5.50. The van der Waals surface area contributed by atoms with Crippen molar-refractivity contribution in [3.63, 3.8) is 0 Å². The second-order valence-electron chi connectivity index (χ2n) is 4.10. The number of nitrogens with two attached hydrogens (primary N) is 1. The molecule has 0 saturated heterocycles. The number of likely N-dealkylation sites (N-methyl/N-ethyl adjacent to an activating group) is 1. The average Bonchev–Trinajstić information content (AvgIpc) is 2.58. The van der Waals surface area contributed by atoms with Gasteiger partial charge < -0.3 is 5.73 Å². The van der Waals surface area contributed by atoms with Crippen molar-refractivity contribution in [1.82, 2.24) is 14.7 Å². The highest BCUT2D eigenvalue weighted by atomic mass is 15.3. The largest absolute Gasteiger partial charge is 0.329 e. The van der Waals surface area contributed by atoms with E-state index >= 15 is 0 Å². The van der Waals surface area contributed by atoms with Crippen LogP contribution in [0.3, 0.4) is 0 Å². The van der Waals surface area contributed by atoms with Crippen molar-refractivity contribution in [3.8, 4) is 0 Å². The van der Waals surface area contributed by atoms with Crippen LogP contribution in [0.4, 0.5) is 0 Å². The van der Waals surface area contributed by atoms with Gasteiger partial charge in [-0.2, -0.15) is 5.10 Å². The van der Waals surface area contributed by atoms with E-state index in [0.717, 1.165) is 18.7 Å². The van der Waals surface area contributed by atoms with Crippen molar-refractivity contribution in [2.45, 2.75) is 32.9 Å². The summed E-state index contributed by atoms with van der Waals surface area (Å²) in [5, 5.41) is 4.43. The Morgan fingerprint density at radius 1 is 1.60 bits per heavy atom. The molecular weight excluding hydrogens is 188 g/mol. The summed E-state index contributed by atoms with van der Waals surface area (Å²) in [6, 6.07) is 2.57. The van der Waals surface area contributed by atoms with Crippen molar-refractivity contribution in [1.29, 1.82) is 0 Å². The third-order valence-electron chi connectivity index (χ3n) is 2.89. The Balaban J connectivity index is 2.67. The summed E-state index contributed by atoms with van der Waals surface area (Å²) in [5.41, 5.74) is 8.03. The molecule has 86 valence electrons. The zero-order valence-electron chi connectivity index (χ0n) is 10.2. The number of aromatic nitrogens is 2. The lowest BCUT2D eigenvalue weighted by Crippen LogP contribution is -2.35. The summed E-state index contributed by atoms with van der Waals surface area (Å²) in [7, 11) is 4.09. The van der Waals surface area contributed by atoms with Crippen LogP contribution in [0.25, 0.3) is 0 Å². The molecule has 0 spiro atoms. The number of hydrogen-bond acceptors (Lipinski definition) is 3. The molecule has 1 heterocycles. The van der Waals surface area contributed by atoms with Crippen LogP contribution >= 0.6 is 0 Å². The lowest BCUT2D eigenvalue weighted by molar-refractivity contribution is 0.248. The number of hydrogen-bond donors (Lipinski definition) is 1. The number of nitrogens with zero attached hydrogens (tertiary/aromatic N) is 3. The van der Waals surface area contributed by atoms with Gasteiger partial charge in [0.1, 0.15) is 0 Å². The number of aryl methyl sites for hydroxylation is 2. The summed E-state index contributed by atoms with van der Waals surface area (Å²) in [5.74, 6) is 0. The smallest absolute Gasteiger partial charge is 0.0625 e. The molecule has 0 aliphatic rings. The normalized spacial score (nSPS) is 13.5. The second kappa shape index (κ2) is 5.28. The van der Waals surface area contributed by atoms with Crippen LogP contribution in [0.15, 0.2) is 6.07 Å². The average molecular weight is 210 g/mol. The SMILES string of the molecule is CCc1cc(CN(C)C(C)CN)n(C)n1. The van der Waals surface area contributed by atoms with Gasteiger partial charge in [0.2, 0.25) is 0 Å². The minimum absolute atomic E-state index is 0.407. The van der Waals surface area contributed by atoms with Gasteiger partial charge in [-0.25, -0.2) is 0 Å². The molecule has 0 aliphatic carbocycles. The third-order valence-corrected chi connectivity index (χ3v) is 2.89. The molecule has 1 aromatic rings. The Morgan fingerprint density at radius 3 is 2.73 bits per heavy atom. The second-order valence-corrected chi connectivity index (χ2v) is 4.10. The lowest BCUT2D eigenvalue weighted by Gasteiger charge is -2.22. The van der Waals surface area contributed by atoms with Gasteiger partial charge in [0.15, 0.2) is 0 Å². The summed E-state index contributed by atoms with van der Waals surface area (Å²) < 4.78 is 1.96. The van der Waals surface area contributed by atoms with E-state index in [4.69, 9.17) is 5.73 Å². The molecule has 0 saturated carbocycles. The number of rotatable bonds is 5.